The molecule has 0 atom stereocenters. The first-order chi connectivity index (χ1) is 9.24. The third-order valence-corrected chi connectivity index (χ3v) is 3.16. The Balaban J connectivity index is 1.65. The Kier molecular flexibility index (Phi) is 4.74. The zero-order chi connectivity index (χ0) is 13.5. The van der Waals surface area contributed by atoms with Crippen molar-refractivity contribution in [2.24, 2.45) is 0 Å². The number of anilines is 1. The number of alkyl carbamates (subject to hydrolysis) is 1. The first-order valence-corrected chi connectivity index (χ1v) is 6.76. The van der Waals surface area contributed by atoms with Crippen molar-refractivity contribution in [1.82, 2.24) is 10.3 Å². The van der Waals surface area contributed by atoms with Gasteiger partial charge in [-0.2, -0.15) is 0 Å². The van der Waals surface area contributed by atoms with Crippen LogP contribution in [-0.2, 0) is 17.8 Å². The highest BCUT2D eigenvalue weighted by atomic mass is 32.1. The van der Waals surface area contributed by atoms with Crippen molar-refractivity contribution in [2.75, 3.05) is 12.3 Å². The first-order valence-electron chi connectivity index (χ1n) is 5.88. The van der Waals surface area contributed by atoms with Crippen LogP contribution in [0.25, 0.3) is 0 Å². The molecule has 0 aliphatic heterocycles. The summed E-state index contributed by atoms with van der Waals surface area (Å²) in [6.45, 7) is 0.757. The molecule has 2 rings (SSSR count). The summed E-state index contributed by atoms with van der Waals surface area (Å²) >= 11 is 1.39. The third-order valence-electron chi connectivity index (χ3n) is 2.43. The largest absolute Gasteiger partial charge is 0.445 e. The van der Waals surface area contributed by atoms with Crippen LogP contribution in [0, 0.1) is 0 Å². The van der Waals surface area contributed by atoms with E-state index in [9.17, 15) is 4.79 Å². The first kappa shape index (κ1) is 13.4. The Labute approximate surface area is 115 Å². The molecule has 0 aliphatic rings. The van der Waals surface area contributed by atoms with E-state index in [4.69, 9.17) is 10.5 Å². The summed E-state index contributed by atoms with van der Waals surface area (Å²) in [5.74, 6) is 0. The third kappa shape index (κ3) is 4.59. The molecule has 2 aromatic rings. The van der Waals surface area contributed by atoms with Crippen LogP contribution >= 0.6 is 11.3 Å². The molecule has 0 bridgehead atoms. The predicted molar refractivity (Wildman–Crippen MR) is 74.9 cm³/mol. The van der Waals surface area contributed by atoms with Crippen molar-refractivity contribution < 1.29 is 9.53 Å². The van der Waals surface area contributed by atoms with Crippen molar-refractivity contribution in [3.05, 3.63) is 47.0 Å². The van der Waals surface area contributed by atoms with Gasteiger partial charge in [-0.1, -0.05) is 30.3 Å². The molecular weight excluding hydrogens is 262 g/mol. The van der Waals surface area contributed by atoms with Crippen LogP contribution in [0.1, 0.15) is 11.3 Å². The number of nitrogens with two attached hydrogens (primary N) is 1. The molecule has 1 aromatic carbocycles. The average Bonchev–Trinajstić information content (AvgIpc) is 2.83. The van der Waals surface area contributed by atoms with E-state index >= 15 is 0 Å². The molecule has 0 radical (unpaired) electrons. The molecule has 0 unspecified atom stereocenters. The number of carbonyl (C=O) groups is 1. The molecule has 100 valence electrons. The fourth-order valence-electron chi connectivity index (χ4n) is 1.50. The highest BCUT2D eigenvalue weighted by Crippen LogP contribution is 2.10. The van der Waals surface area contributed by atoms with Crippen molar-refractivity contribution in [3.8, 4) is 0 Å². The highest BCUT2D eigenvalue weighted by molar-refractivity contribution is 7.13. The van der Waals surface area contributed by atoms with Gasteiger partial charge >= 0.3 is 6.09 Å². The second kappa shape index (κ2) is 6.75. The summed E-state index contributed by atoms with van der Waals surface area (Å²) in [5.41, 5.74) is 7.36. The van der Waals surface area contributed by atoms with Crippen molar-refractivity contribution in [1.29, 1.82) is 0 Å². The molecular formula is C13H15N3O2S. The summed E-state index contributed by atoms with van der Waals surface area (Å²) in [6.07, 6.45) is 0.223. The molecule has 19 heavy (non-hydrogen) atoms. The quantitative estimate of drug-likeness (QED) is 0.878. The van der Waals surface area contributed by atoms with Gasteiger partial charge in [-0.15, -0.1) is 11.3 Å². The number of aromatic nitrogens is 1. The van der Waals surface area contributed by atoms with Crippen molar-refractivity contribution in [3.63, 3.8) is 0 Å². The van der Waals surface area contributed by atoms with Gasteiger partial charge in [0.25, 0.3) is 0 Å². The lowest BCUT2D eigenvalue weighted by Crippen LogP contribution is -2.26. The second-order valence-electron chi connectivity index (χ2n) is 3.92. The van der Waals surface area contributed by atoms with Gasteiger partial charge in [0.05, 0.1) is 5.69 Å². The van der Waals surface area contributed by atoms with E-state index in [-0.39, 0.29) is 6.61 Å². The Bertz CT molecular complexity index is 528. The summed E-state index contributed by atoms with van der Waals surface area (Å²) in [5, 5.41) is 5.10. The maximum Gasteiger partial charge on any atom is 0.407 e. The number of thiazole rings is 1. The van der Waals surface area contributed by atoms with E-state index in [0.717, 1.165) is 11.3 Å². The minimum absolute atomic E-state index is 0.274. The fourth-order valence-corrected chi connectivity index (χ4v) is 2.10. The van der Waals surface area contributed by atoms with Gasteiger partial charge in [-0.05, 0) is 5.56 Å². The second-order valence-corrected chi connectivity index (χ2v) is 4.81. The zero-order valence-electron chi connectivity index (χ0n) is 10.3. The number of rotatable bonds is 5. The van der Waals surface area contributed by atoms with E-state index in [1.807, 2.05) is 35.7 Å². The summed E-state index contributed by atoms with van der Waals surface area (Å²) in [6, 6.07) is 9.55. The topological polar surface area (TPSA) is 77.2 Å². The smallest absolute Gasteiger partial charge is 0.407 e. The Hall–Kier alpha value is -2.08. The molecule has 3 N–H and O–H groups in total. The summed E-state index contributed by atoms with van der Waals surface area (Å²) in [7, 11) is 0. The molecule has 1 aromatic heterocycles. The maximum atomic E-state index is 11.4. The van der Waals surface area contributed by atoms with Gasteiger partial charge in [0, 0.05) is 18.3 Å². The van der Waals surface area contributed by atoms with Crippen LogP contribution < -0.4 is 11.1 Å². The SMILES string of the molecule is Nc1nc(CCNC(=O)OCc2ccccc2)cs1. The molecule has 5 nitrogen and oxygen atoms in total. The molecule has 0 spiro atoms. The van der Waals surface area contributed by atoms with Crippen LogP contribution in [-0.4, -0.2) is 17.6 Å². The number of benzene rings is 1. The highest BCUT2D eigenvalue weighted by Gasteiger charge is 2.03. The lowest BCUT2D eigenvalue weighted by Gasteiger charge is -2.06. The molecule has 0 saturated carbocycles. The average molecular weight is 277 g/mol. The number of nitrogens with one attached hydrogen (secondary N) is 1. The Morgan fingerprint density at radius 1 is 1.37 bits per heavy atom. The normalized spacial score (nSPS) is 10.1. The van der Waals surface area contributed by atoms with Crippen molar-refractivity contribution in [2.45, 2.75) is 13.0 Å². The van der Waals surface area contributed by atoms with Gasteiger partial charge in [0.1, 0.15) is 6.61 Å². The van der Waals surface area contributed by atoms with Crippen LogP contribution in [0.15, 0.2) is 35.7 Å². The van der Waals surface area contributed by atoms with Gasteiger partial charge < -0.3 is 15.8 Å². The van der Waals surface area contributed by atoms with Crippen LogP contribution in [0.5, 0.6) is 0 Å². The van der Waals surface area contributed by atoms with Crippen LogP contribution in [0.4, 0.5) is 9.93 Å². The van der Waals surface area contributed by atoms with Gasteiger partial charge in [-0.25, -0.2) is 9.78 Å². The van der Waals surface area contributed by atoms with Crippen LogP contribution in [0.2, 0.25) is 0 Å². The molecule has 0 saturated heterocycles. The monoisotopic (exact) mass is 277 g/mol. The Morgan fingerprint density at radius 2 is 2.16 bits per heavy atom. The van der Waals surface area contributed by atoms with E-state index < -0.39 is 6.09 Å². The van der Waals surface area contributed by atoms with E-state index in [2.05, 4.69) is 10.3 Å². The molecule has 0 fully saturated rings. The van der Waals surface area contributed by atoms with E-state index in [0.29, 0.717) is 18.1 Å². The lowest BCUT2D eigenvalue weighted by atomic mass is 10.2. The van der Waals surface area contributed by atoms with Crippen LogP contribution in [0.3, 0.4) is 0 Å². The lowest BCUT2D eigenvalue weighted by molar-refractivity contribution is 0.140. The number of hydrogen-bond acceptors (Lipinski definition) is 5. The zero-order valence-corrected chi connectivity index (χ0v) is 11.2. The number of nitrogen functional groups attached to an aromatic ring is 1. The predicted octanol–water partition coefficient (Wildman–Crippen LogP) is 2.19. The van der Waals surface area contributed by atoms with E-state index in [1.165, 1.54) is 11.3 Å². The molecule has 1 amide bonds. The minimum Gasteiger partial charge on any atom is -0.445 e. The number of carbonyl (C=O) groups excluding carboxylic acids is 1. The standard InChI is InChI=1S/C13H15N3O2S/c14-12-16-11(9-19-12)6-7-15-13(17)18-8-10-4-2-1-3-5-10/h1-5,9H,6-8H2,(H2,14,16)(H,15,17). The van der Waals surface area contributed by atoms with Gasteiger partial charge in [0.2, 0.25) is 0 Å². The number of amides is 1. The maximum absolute atomic E-state index is 11.4. The minimum atomic E-state index is -0.424. The van der Waals surface area contributed by atoms with Crippen molar-refractivity contribution >= 4 is 22.6 Å². The number of nitrogens with zero attached hydrogens (tertiary/aromatic N) is 1. The molecule has 0 aliphatic carbocycles. The van der Waals surface area contributed by atoms with Gasteiger partial charge in [-0.3, -0.25) is 0 Å². The van der Waals surface area contributed by atoms with E-state index in [1.54, 1.807) is 0 Å². The van der Waals surface area contributed by atoms with Gasteiger partial charge in [0.15, 0.2) is 5.13 Å². The summed E-state index contributed by atoms with van der Waals surface area (Å²) < 4.78 is 5.08. The molecule has 1 heterocycles. The Morgan fingerprint density at radius 3 is 2.84 bits per heavy atom. The number of hydrogen-bond donors (Lipinski definition) is 2. The molecule has 6 heteroatoms. The fraction of sp³-hybridized carbons (Fsp3) is 0.231. The number of ether oxygens (including phenoxy) is 1. The summed E-state index contributed by atoms with van der Waals surface area (Å²) in [4.78, 5) is 15.5.